The predicted molar refractivity (Wildman–Crippen MR) is 123 cm³/mol. The predicted octanol–water partition coefficient (Wildman–Crippen LogP) is 4.18. The molecule has 35 heavy (non-hydrogen) atoms. The summed E-state index contributed by atoms with van der Waals surface area (Å²) in [6, 6.07) is 17.3. The van der Waals surface area contributed by atoms with E-state index in [1.54, 1.807) is 24.3 Å². The number of hydrogen-bond acceptors (Lipinski definition) is 4. The summed E-state index contributed by atoms with van der Waals surface area (Å²) in [4.78, 5) is 26.6. The Labute approximate surface area is 199 Å². The summed E-state index contributed by atoms with van der Waals surface area (Å²) < 4.78 is 67.4. The number of halogens is 3. The van der Waals surface area contributed by atoms with Gasteiger partial charge in [-0.2, -0.15) is 13.2 Å². The second-order valence-electron chi connectivity index (χ2n) is 8.57. The average Bonchev–Trinajstić information content (AvgIpc) is 3.17. The van der Waals surface area contributed by atoms with Crippen molar-refractivity contribution in [1.29, 1.82) is 0 Å². The summed E-state index contributed by atoms with van der Waals surface area (Å²) in [7, 11) is -4.47. The van der Waals surface area contributed by atoms with E-state index in [1.165, 1.54) is 23.1 Å². The van der Waals surface area contributed by atoms with E-state index in [0.717, 1.165) is 23.3 Å². The first-order valence-electron chi connectivity index (χ1n) is 10.7. The molecular formula is C25H19F3N2O4S. The molecule has 0 radical (unpaired) electrons. The van der Waals surface area contributed by atoms with Crippen LogP contribution in [-0.4, -0.2) is 26.0 Å². The quantitative estimate of drug-likeness (QED) is 0.541. The Kier molecular flexibility index (Phi) is 5.06. The molecule has 3 aromatic carbocycles. The van der Waals surface area contributed by atoms with E-state index in [-0.39, 0.29) is 23.5 Å². The number of amides is 2. The SMILES string of the molecule is Cc1ccc(CN2C(=O)[C@@]3(c4ccccc42)N(c2cccc(C(F)(F)F)c2)C(=O)CS3(=O)=O)cc1. The zero-order valence-electron chi connectivity index (χ0n) is 18.4. The molecule has 6 nitrogen and oxygen atoms in total. The highest BCUT2D eigenvalue weighted by molar-refractivity contribution is 7.94. The monoisotopic (exact) mass is 500 g/mol. The highest BCUT2D eigenvalue weighted by Gasteiger charge is 2.69. The molecule has 5 rings (SSSR count). The highest BCUT2D eigenvalue weighted by atomic mass is 32.2. The molecule has 3 aromatic rings. The first kappa shape index (κ1) is 23.1. The van der Waals surface area contributed by atoms with E-state index in [4.69, 9.17) is 0 Å². The molecule has 2 aliphatic heterocycles. The highest BCUT2D eigenvalue weighted by Crippen LogP contribution is 2.53. The maximum atomic E-state index is 14.0. The largest absolute Gasteiger partial charge is 0.416 e. The number of para-hydroxylation sites is 1. The molecule has 0 N–H and O–H groups in total. The minimum atomic E-state index is -4.72. The van der Waals surface area contributed by atoms with Crippen LogP contribution in [0.2, 0.25) is 0 Å². The molecule has 10 heteroatoms. The Morgan fingerprint density at radius 3 is 2.31 bits per heavy atom. The lowest BCUT2D eigenvalue weighted by atomic mass is 10.0. The van der Waals surface area contributed by atoms with E-state index in [1.807, 2.05) is 19.1 Å². The summed E-state index contributed by atoms with van der Waals surface area (Å²) in [6.07, 6.45) is -4.72. The van der Waals surface area contributed by atoms with Crippen LogP contribution in [0.1, 0.15) is 22.3 Å². The van der Waals surface area contributed by atoms with Gasteiger partial charge in [-0.1, -0.05) is 54.1 Å². The Bertz CT molecular complexity index is 1470. The molecular weight excluding hydrogens is 481 g/mol. The number of fused-ring (bicyclic) bond motifs is 2. The smallest absolute Gasteiger partial charge is 0.304 e. The summed E-state index contributed by atoms with van der Waals surface area (Å²) in [5.41, 5.74) is 0.679. The van der Waals surface area contributed by atoms with Crippen molar-refractivity contribution in [2.75, 3.05) is 15.6 Å². The first-order valence-corrected chi connectivity index (χ1v) is 12.3. The normalized spacial score (nSPS) is 21.1. The molecule has 2 aliphatic rings. The van der Waals surface area contributed by atoms with Crippen LogP contribution in [0.25, 0.3) is 0 Å². The molecule has 1 spiro atoms. The fraction of sp³-hybridized carbons (Fsp3) is 0.200. The van der Waals surface area contributed by atoms with E-state index in [0.29, 0.717) is 11.0 Å². The molecule has 1 atom stereocenters. The third-order valence-corrected chi connectivity index (χ3v) is 8.42. The van der Waals surface area contributed by atoms with Gasteiger partial charge in [0.2, 0.25) is 5.91 Å². The molecule has 2 heterocycles. The maximum absolute atomic E-state index is 14.0. The maximum Gasteiger partial charge on any atom is 0.416 e. The van der Waals surface area contributed by atoms with Crippen molar-refractivity contribution in [3.05, 3.63) is 95.1 Å². The van der Waals surface area contributed by atoms with Crippen LogP contribution >= 0.6 is 0 Å². The van der Waals surface area contributed by atoms with E-state index < -0.39 is 44.0 Å². The number of anilines is 2. The molecule has 0 saturated carbocycles. The van der Waals surface area contributed by atoms with Crippen molar-refractivity contribution in [3.8, 4) is 0 Å². The van der Waals surface area contributed by atoms with Crippen molar-refractivity contribution >= 4 is 33.0 Å². The number of carbonyl (C=O) groups is 2. The third kappa shape index (κ3) is 3.35. The molecule has 1 saturated heterocycles. The van der Waals surface area contributed by atoms with Gasteiger partial charge in [0.1, 0.15) is 5.75 Å². The summed E-state index contributed by atoms with van der Waals surface area (Å²) >= 11 is 0. The van der Waals surface area contributed by atoms with E-state index >= 15 is 0 Å². The number of benzene rings is 3. The van der Waals surface area contributed by atoms with Crippen molar-refractivity contribution in [2.45, 2.75) is 24.5 Å². The molecule has 2 amide bonds. The van der Waals surface area contributed by atoms with Gasteiger partial charge in [-0.25, -0.2) is 8.42 Å². The van der Waals surface area contributed by atoms with Gasteiger partial charge in [0.05, 0.1) is 17.8 Å². The van der Waals surface area contributed by atoms with Gasteiger partial charge >= 0.3 is 6.18 Å². The minimum absolute atomic E-state index is 0.0258. The lowest BCUT2D eigenvalue weighted by molar-refractivity contribution is -0.137. The van der Waals surface area contributed by atoms with E-state index in [9.17, 15) is 31.2 Å². The van der Waals surface area contributed by atoms with Crippen LogP contribution in [-0.2, 0) is 37.0 Å². The Morgan fingerprint density at radius 2 is 1.63 bits per heavy atom. The van der Waals surface area contributed by atoms with E-state index in [2.05, 4.69) is 0 Å². The fourth-order valence-electron chi connectivity index (χ4n) is 4.75. The van der Waals surface area contributed by atoms with Crippen LogP contribution in [0.15, 0.2) is 72.8 Å². The second-order valence-corrected chi connectivity index (χ2v) is 10.7. The molecule has 0 unspecified atom stereocenters. The Morgan fingerprint density at radius 1 is 0.943 bits per heavy atom. The van der Waals surface area contributed by atoms with Crippen LogP contribution in [0.5, 0.6) is 0 Å². The zero-order chi connectivity index (χ0) is 25.2. The molecule has 0 aliphatic carbocycles. The van der Waals surface area contributed by atoms with Crippen LogP contribution in [0.4, 0.5) is 24.5 Å². The molecule has 0 bridgehead atoms. The van der Waals surface area contributed by atoms with Gasteiger partial charge in [-0.05, 0) is 36.8 Å². The lowest BCUT2D eigenvalue weighted by Gasteiger charge is -2.33. The Hall–Kier alpha value is -3.66. The third-order valence-electron chi connectivity index (χ3n) is 6.32. The lowest BCUT2D eigenvalue weighted by Crippen LogP contribution is -2.54. The second kappa shape index (κ2) is 7.67. The first-order chi connectivity index (χ1) is 16.5. The minimum Gasteiger partial charge on any atom is -0.304 e. The number of nitrogens with zero attached hydrogens (tertiary/aromatic N) is 2. The number of rotatable bonds is 3. The number of alkyl halides is 3. The molecule has 0 aromatic heterocycles. The Balaban J connectivity index is 1.72. The van der Waals surface area contributed by atoms with Gasteiger partial charge < -0.3 is 4.90 Å². The van der Waals surface area contributed by atoms with Crippen LogP contribution < -0.4 is 9.80 Å². The molecule has 1 fully saturated rings. The fourth-order valence-corrected chi connectivity index (χ4v) is 6.78. The number of sulfone groups is 1. The zero-order valence-corrected chi connectivity index (χ0v) is 19.2. The van der Waals surface area contributed by atoms with Gasteiger partial charge in [0, 0.05) is 11.3 Å². The van der Waals surface area contributed by atoms with Gasteiger partial charge in [0.15, 0.2) is 9.84 Å². The molecule has 180 valence electrons. The summed E-state index contributed by atoms with van der Waals surface area (Å²) in [5, 5.41) is 0. The van der Waals surface area contributed by atoms with Crippen LogP contribution in [0.3, 0.4) is 0 Å². The number of aryl methyl sites for hydroxylation is 1. The topological polar surface area (TPSA) is 74.8 Å². The van der Waals surface area contributed by atoms with Gasteiger partial charge in [-0.3, -0.25) is 14.5 Å². The van der Waals surface area contributed by atoms with Crippen molar-refractivity contribution < 1.29 is 31.2 Å². The average molecular weight is 500 g/mol. The van der Waals surface area contributed by atoms with Crippen molar-refractivity contribution in [3.63, 3.8) is 0 Å². The van der Waals surface area contributed by atoms with Crippen molar-refractivity contribution in [1.82, 2.24) is 0 Å². The number of carbonyl (C=O) groups excluding carboxylic acids is 2. The van der Waals surface area contributed by atoms with Crippen molar-refractivity contribution in [2.24, 2.45) is 0 Å². The summed E-state index contributed by atoms with van der Waals surface area (Å²) in [6.45, 7) is 1.93. The summed E-state index contributed by atoms with van der Waals surface area (Å²) in [5.74, 6) is -2.87. The van der Waals surface area contributed by atoms with Crippen LogP contribution in [0, 0.1) is 6.92 Å². The standard InChI is InChI=1S/C25H19F3N2O4S/c1-16-9-11-17(12-10-16)14-29-21-8-3-2-7-20(21)24(23(29)32)30(22(31)15-35(24,33)34)19-6-4-5-18(13-19)25(26,27)28/h2-13H,14-15H2,1H3/t24-/m0/s1. The van der Waals surface area contributed by atoms with Gasteiger partial charge in [-0.15, -0.1) is 0 Å². The number of hydrogen-bond donors (Lipinski definition) is 0. The van der Waals surface area contributed by atoms with Gasteiger partial charge in [0.25, 0.3) is 10.8 Å².